The van der Waals surface area contributed by atoms with Gasteiger partial charge in [0.2, 0.25) is 5.91 Å². The van der Waals surface area contributed by atoms with Gasteiger partial charge in [-0.2, -0.15) is 0 Å². The second-order valence-corrected chi connectivity index (χ2v) is 4.75. The van der Waals surface area contributed by atoms with Crippen molar-refractivity contribution < 1.29 is 4.79 Å². The fraction of sp³-hybridized carbons (Fsp3) is 0.769. The molecule has 1 saturated carbocycles. The second-order valence-electron chi connectivity index (χ2n) is 4.75. The van der Waals surface area contributed by atoms with E-state index in [1.807, 2.05) is 0 Å². The molecule has 0 radical (unpaired) electrons. The Kier molecular flexibility index (Phi) is 5.34. The maximum Gasteiger partial charge on any atom is 0.238 e. The SMILES string of the molecule is C#CCC(N)C(=O)NC1CCCCCC1C. The van der Waals surface area contributed by atoms with Crippen LogP contribution in [0.25, 0.3) is 0 Å². The van der Waals surface area contributed by atoms with E-state index in [1.54, 1.807) is 0 Å². The lowest BCUT2D eigenvalue weighted by Crippen LogP contribution is -2.47. The van der Waals surface area contributed by atoms with E-state index in [4.69, 9.17) is 12.2 Å². The topological polar surface area (TPSA) is 55.1 Å². The number of hydrogen-bond donors (Lipinski definition) is 2. The molecule has 0 heterocycles. The number of carbonyl (C=O) groups excluding carboxylic acids is 1. The van der Waals surface area contributed by atoms with Crippen molar-refractivity contribution in [1.82, 2.24) is 5.32 Å². The van der Waals surface area contributed by atoms with Gasteiger partial charge in [-0.3, -0.25) is 4.79 Å². The van der Waals surface area contributed by atoms with Gasteiger partial charge < -0.3 is 11.1 Å². The number of hydrogen-bond acceptors (Lipinski definition) is 2. The first kappa shape index (κ1) is 13.1. The third-order valence-corrected chi connectivity index (χ3v) is 3.36. The summed E-state index contributed by atoms with van der Waals surface area (Å²) in [6.45, 7) is 2.20. The van der Waals surface area contributed by atoms with Gasteiger partial charge in [0.05, 0.1) is 6.04 Å². The van der Waals surface area contributed by atoms with Crippen LogP contribution in [0.15, 0.2) is 0 Å². The fourth-order valence-electron chi connectivity index (χ4n) is 2.22. The molecule has 3 heteroatoms. The molecule has 90 valence electrons. The van der Waals surface area contributed by atoms with Gasteiger partial charge in [0, 0.05) is 12.5 Å². The Morgan fingerprint density at radius 2 is 2.19 bits per heavy atom. The molecule has 1 rings (SSSR count). The molecule has 3 unspecified atom stereocenters. The minimum absolute atomic E-state index is 0.100. The van der Waals surface area contributed by atoms with E-state index in [1.165, 1.54) is 25.7 Å². The molecule has 3 nitrogen and oxygen atoms in total. The summed E-state index contributed by atoms with van der Waals surface area (Å²) in [7, 11) is 0. The van der Waals surface area contributed by atoms with Gasteiger partial charge in [-0.15, -0.1) is 12.3 Å². The molecule has 1 amide bonds. The normalized spacial score (nSPS) is 27.6. The summed E-state index contributed by atoms with van der Waals surface area (Å²) in [4.78, 5) is 11.7. The van der Waals surface area contributed by atoms with Crippen LogP contribution >= 0.6 is 0 Å². The molecule has 1 fully saturated rings. The van der Waals surface area contributed by atoms with Gasteiger partial charge in [0.1, 0.15) is 0 Å². The van der Waals surface area contributed by atoms with Crippen molar-refractivity contribution in [2.75, 3.05) is 0 Å². The standard InChI is InChI=1S/C13H22N2O/c1-3-7-11(14)13(16)15-12-9-6-4-5-8-10(12)2/h1,10-12H,4-9,14H2,2H3,(H,15,16). The molecule has 0 spiro atoms. The summed E-state index contributed by atoms with van der Waals surface area (Å²) in [6.07, 6.45) is 11.4. The largest absolute Gasteiger partial charge is 0.352 e. The first-order valence-electron chi connectivity index (χ1n) is 6.14. The lowest BCUT2D eigenvalue weighted by atomic mass is 9.96. The number of terminal acetylenes is 1. The summed E-state index contributed by atoms with van der Waals surface area (Å²) in [5.74, 6) is 2.87. The Labute approximate surface area is 98.2 Å². The summed E-state index contributed by atoms with van der Waals surface area (Å²) < 4.78 is 0. The zero-order chi connectivity index (χ0) is 12.0. The molecule has 0 saturated heterocycles. The van der Waals surface area contributed by atoms with Gasteiger partial charge in [-0.05, 0) is 18.8 Å². The van der Waals surface area contributed by atoms with E-state index in [2.05, 4.69) is 18.2 Å². The Morgan fingerprint density at radius 3 is 2.88 bits per heavy atom. The van der Waals surface area contributed by atoms with Crippen LogP contribution in [0.2, 0.25) is 0 Å². The number of nitrogens with one attached hydrogen (secondary N) is 1. The molecule has 1 aliphatic rings. The van der Waals surface area contributed by atoms with Crippen molar-refractivity contribution in [3.05, 3.63) is 0 Å². The molecule has 0 aromatic heterocycles. The van der Waals surface area contributed by atoms with E-state index >= 15 is 0 Å². The van der Waals surface area contributed by atoms with E-state index in [-0.39, 0.29) is 11.9 Å². The van der Waals surface area contributed by atoms with Crippen LogP contribution in [-0.2, 0) is 4.79 Å². The monoisotopic (exact) mass is 222 g/mol. The average molecular weight is 222 g/mol. The Bertz CT molecular complexity index is 270. The highest BCUT2D eigenvalue weighted by molar-refractivity contribution is 5.82. The molecule has 0 bridgehead atoms. The molecule has 0 aliphatic heterocycles. The summed E-state index contributed by atoms with van der Waals surface area (Å²) in [6, 6.07) is -0.278. The lowest BCUT2D eigenvalue weighted by molar-refractivity contribution is -0.123. The lowest BCUT2D eigenvalue weighted by Gasteiger charge is -2.24. The van der Waals surface area contributed by atoms with Gasteiger partial charge in [0.15, 0.2) is 0 Å². The second kappa shape index (κ2) is 6.55. The van der Waals surface area contributed by atoms with Crippen LogP contribution in [-0.4, -0.2) is 18.0 Å². The highest BCUT2D eigenvalue weighted by atomic mass is 16.2. The fourth-order valence-corrected chi connectivity index (χ4v) is 2.22. The maximum absolute atomic E-state index is 11.7. The molecular formula is C13H22N2O. The van der Waals surface area contributed by atoms with Crippen LogP contribution in [0.5, 0.6) is 0 Å². The summed E-state index contributed by atoms with van der Waals surface area (Å²) >= 11 is 0. The van der Waals surface area contributed by atoms with Crippen LogP contribution in [0.4, 0.5) is 0 Å². The number of nitrogens with two attached hydrogens (primary N) is 1. The van der Waals surface area contributed by atoms with E-state index in [0.29, 0.717) is 12.3 Å². The highest BCUT2D eigenvalue weighted by Gasteiger charge is 2.23. The number of rotatable bonds is 3. The van der Waals surface area contributed by atoms with Crippen molar-refractivity contribution in [3.8, 4) is 12.3 Å². The van der Waals surface area contributed by atoms with E-state index in [9.17, 15) is 4.79 Å². The number of carbonyl (C=O) groups is 1. The van der Waals surface area contributed by atoms with E-state index in [0.717, 1.165) is 6.42 Å². The zero-order valence-corrected chi connectivity index (χ0v) is 10.0. The predicted octanol–water partition coefficient (Wildman–Crippen LogP) is 1.42. The smallest absolute Gasteiger partial charge is 0.238 e. The van der Waals surface area contributed by atoms with Crippen molar-refractivity contribution in [1.29, 1.82) is 0 Å². The maximum atomic E-state index is 11.7. The van der Waals surface area contributed by atoms with Gasteiger partial charge >= 0.3 is 0 Å². The van der Waals surface area contributed by atoms with Crippen molar-refractivity contribution in [3.63, 3.8) is 0 Å². The average Bonchev–Trinajstić information content (AvgIpc) is 2.45. The van der Waals surface area contributed by atoms with Crippen molar-refractivity contribution in [2.45, 2.75) is 57.5 Å². The van der Waals surface area contributed by atoms with Crippen LogP contribution in [0.3, 0.4) is 0 Å². The summed E-state index contributed by atoms with van der Waals surface area (Å²) in [5, 5.41) is 3.03. The van der Waals surface area contributed by atoms with Gasteiger partial charge in [0.25, 0.3) is 0 Å². The third-order valence-electron chi connectivity index (χ3n) is 3.36. The Morgan fingerprint density at radius 1 is 1.50 bits per heavy atom. The minimum atomic E-state index is -0.555. The molecule has 3 atom stereocenters. The first-order chi connectivity index (χ1) is 7.65. The zero-order valence-electron chi connectivity index (χ0n) is 10.0. The summed E-state index contributed by atoms with van der Waals surface area (Å²) in [5.41, 5.74) is 5.67. The van der Waals surface area contributed by atoms with Crippen LogP contribution in [0.1, 0.15) is 45.4 Å². The minimum Gasteiger partial charge on any atom is -0.352 e. The highest BCUT2D eigenvalue weighted by Crippen LogP contribution is 2.22. The molecule has 0 aromatic rings. The molecular weight excluding hydrogens is 200 g/mol. The van der Waals surface area contributed by atoms with Gasteiger partial charge in [-0.1, -0.05) is 26.2 Å². The third kappa shape index (κ3) is 3.86. The predicted molar refractivity (Wildman–Crippen MR) is 65.6 cm³/mol. The van der Waals surface area contributed by atoms with Gasteiger partial charge in [-0.25, -0.2) is 0 Å². The Hall–Kier alpha value is -1.01. The van der Waals surface area contributed by atoms with Crippen molar-refractivity contribution in [2.24, 2.45) is 11.7 Å². The molecule has 3 N–H and O–H groups in total. The van der Waals surface area contributed by atoms with Crippen LogP contribution < -0.4 is 11.1 Å². The van der Waals surface area contributed by atoms with Crippen molar-refractivity contribution >= 4 is 5.91 Å². The quantitative estimate of drug-likeness (QED) is 0.560. The molecule has 1 aliphatic carbocycles. The molecule has 0 aromatic carbocycles. The Balaban J connectivity index is 2.45. The van der Waals surface area contributed by atoms with E-state index < -0.39 is 6.04 Å². The number of amides is 1. The first-order valence-corrected chi connectivity index (χ1v) is 6.14. The molecule has 16 heavy (non-hydrogen) atoms. The van der Waals surface area contributed by atoms with Crippen LogP contribution in [0, 0.1) is 18.3 Å².